The van der Waals surface area contributed by atoms with Crippen LogP contribution in [-0.2, 0) is 0 Å². The number of nitrogens with zero attached hydrogens (tertiary/aromatic N) is 3. The average Bonchev–Trinajstić information content (AvgIpc) is 2.98. The van der Waals surface area contributed by atoms with Gasteiger partial charge in [-0.2, -0.15) is 10.2 Å². The minimum Gasteiger partial charge on any atom is -0.360 e. The molecule has 0 bridgehead atoms. The van der Waals surface area contributed by atoms with E-state index in [2.05, 4.69) is 35.7 Å². The fourth-order valence-electron chi connectivity index (χ4n) is 1.53. The normalized spacial score (nSPS) is 11.3. The van der Waals surface area contributed by atoms with E-state index in [0.717, 1.165) is 11.1 Å². The van der Waals surface area contributed by atoms with Crippen LogP contribution in [0.15, 0.2) is 29.6 Å². The van der Waals surface area contributed by atoms with Gasteiger partial charge in [0.05, 0.1) is 23.5 Å². The van der Waals surface area contributed by atoms with Gasteiger partial charge in [0, 0.05) is 6.20 Å². The van der Waals surface area contributed by atoms with Crippen LogP contribution in [0.5, 0.6) is 0 Å². The largest absolute Gasteiger partial charge is 0.360 e. The first-order valence-corrected chi connectivity index (χ1v) is 5.59. The number of fused-ring (bicyclic) bond motifs is 1. The third-order valence-corrected chi connectivity index (χ3v) is 2.53. The third kappa shape index (κ3) is 2.00. The molecule has 0 spiro atoms. The van der Waals surface area contributed by atoms with E-state index in [4.69, 9.17) is 12.2 Å². The Bertz CT molecular complexity index is 737. The van der Waals surface area contributed by atoms with Crippen LogP contribution in [0.3, 0.4) is 0 Å². The van der Waals surface area contributed by atoms with E-state index >= 15 is 0 Å². The molecule has 0 aromatic carbocycles. The number of H-pyrrole nitrogens is 3. The predicted molar refractivity (Wildman–Crippen MR) is 71.1 cm³/mol. The first-order chi connectivity index (χ1) is 8.83. The molecule has 3 rings (SSSR count). The van der Waals surface area contributed by atoms with Gasteiger partial charge in [0.25, 0.3) is 0 Å². The molecular formula is C10H9N7S. The van der Waals surface area contributed by atoms with Gasteiger partial charge in [-0.1, -0.05) is 0 Å². The van der Waals surface area contributed by atoms with Crippen molar-refractivity contribution in [3.05, 3.63) is 35.0 Å². The summed E-state index contributed by atoms with van der Waals surface area (Å²) >= 11 is 5.01. The second kappa shape index (κ2) is 4.41. The third-order valence-electron chi connectivity index (χ3n) is 2.34. The highest BCUT2D eigenvalue weighted by Gasteiger charge is 2.03. The summed E-state index contributed by atoms with van der Waals surface area (Å²) in [5, 5.41) is 11.6. The summed E-state index contributed by atoms with van der Waals surface area (Å²) < 4.78 is 0.365. The number of aromatic amines is 3. The topological polar surface area (TPSA) is 97.5 Å². The van der Waals surface area contributed by atoms with Crippen molar-refractivity contribution in [1.29, 1.82) is 0 Å². The Hall–Kier alpha value is -2.48. The second-order valence-corrected chi connectivity index (χ2v) is 3.93. The summed E-state index contributed by atoms with van der Waals surface area (Å²) in [5.74, 6) is 0.560. The van der Waals surface area contributed by atoms with Crippen molar-refractivity contribution in [3.63, 3.8) is 0 Å². The molecule has 4 N–H and O–H groups in total. The molecule has 0 amide bonds. The maximum atomic E-state index is 5.01. The minimum absolute atomic E-state index is 0.365. The van der Waals surface area contributed by atoms with Gasteiger partial charge in [0.15, 0.2) is 10.6 Å². The van der Waals surface area contributed by atoms with Crippen molar-refractivity contribution < 1.29 is 0 Å². The molecule has 0 unspecified atom stereocenters. The molecule has 0 fully saturated rings. The quantitative estimate of drug-likeness (QED) is 0.327. The maximum absolute atomic E-state index is 5.01. The highest BCUT2D eigenvalue weighted by molar-refractivity contribution is 7.71. The monoisotopic (exact) mass is 259 g/mol. The molecule has 0 aliphatic rings. The van der Waals surface area contributed by atoms with E-state index in [1.54, 1.807) is 12.4 Å². The summed E-state index contributed by atoms with van der Waals surface area (Å²) in [6.07, 6.45) is 5.14. The lowest BCUT2D eigenvalue weighted by atomic mass is 10.4. The van der Waals surface area contributed by atoms with Gasteiger partial charge in [-0.3, -0.25) is 10.5 Å². The van der Waals surface area contributed by atoms with Crippen LogP contribution in [0, 0.1) is 4.77 Å². The lowest BCUT2D eigenvalue weighted by molar-refractivity contribution is 1.08. The van der Waals surface area contributed by atoms with Crippen molar-refractivity contribution in [2.45, 2.75) is 0 Å². The van der Waals surface area contributed by atoms with Gasteiger partial charge in [-0.15, -0.1) is 0 Å². The molecule has 8 heteroatoms. The van der Waals surface area contributed by atoms with Gasteiger partial charge in [-0.25, -0.2) is 4.98 Å². The van der Waals surface area contributed by atoms with Gasteiger partial charge < -0.3 is 9.97 Å². The maximum Gasteiger partial charge on any atom is 0.200 e. The van der Waals surface area contributed by atoms with Gasteiger partial charge >= 0.3 is 0 Å². The molecule has 0 saturated heterocycles. The van der Waals surface area contributed by atoms with Crippen LogP contribution in [0.4, 0.5) is 5.82 Å². The summed E-state index contributed by atoms with van der Waals surface area (Å²) in [7, 11) is 0. The molecule has 3 heterocycles. The first-order valence-electron chi connectivity index (χ1n) is 5.19. The first kappa shape index (κ1) is 10.7. The van der Waals surface area contributed by atoms with E-state index in [1.807, 2.05) is 18.3 Å². The second-order valence-electron chi connectivity index (χ2n) is 3.54. The summed E-state index contributed by atoms with van der Waals surface area (Å²) in [6.45, 7) is 0. The summed E-state index contributed by atoms with van der Waals surface area (Å²) in [4.78, 5) is 10.1. The van der Waals surface area contributed by atoms with Crippen LogP contribution < -0.4 is 5.43 Å². The van der Waals surface area contributed by atoms with Gasteiger partial charge in [0.2, 0.25) is 0 Å². The molecule has 3 aromatic rings. The summed E-state index contributed by atoms with van der Waals surface area (Å²) in [6, 6.07) is 3.80. The van der Waals surface area contributed by atoms with Crippen LogP contribution in [0.2, 0.25) is 0 Å². The fraction of sp³-hybridized carbons (Fsp3) is 0. The van der Waals surface area contributed by atoms with E-state index in [0.29, 0.717) is 16.2 Å². The van der Waals surface area contributed by atoms with Crippen LogP contribution >= 0.6 is 12.2 Å². The molecule has 0 atom stereocenters. The Morgan fingerprint density at radius 3 is 3.22 bits per heavy atom. The Kier molecular flexibility index (Phi) is 2.61. The zero-order chi connectivity index (χ0) is 12.4. The van der Waals surface area contributed by atoms with Crippen LogP contribution in [-0.4, -0.2) is 31.4 Å². The van der Waals surface area contributed by atoms with Crippen LogP contribution in [0.25, 0.3) is 11.0 Å². The number of nitrogens with one attached hydrogen (secondary N) is 4. The van der Waals surface area contributed by atoms with Crippen molar-refractivity contribution in [1.82, 2.24) is 25.1 Å². The number of hydrogen-bond donors (Lipinski definition) is 4. The van der Waals surface area contributed by atoms with E-state index in [-0.39, 0.29) is 0 Å². The standard InChI is InChI=1S/C10H9N7S/c18-10-14-8(7-5-13-17-9(7)15-10)16-12-4-6-2-1-3-11-6/h1-5,11H,(H3,13,14,15,16,17,18)/b12-4+. The van der Waals surface area contributed by atoms with E-state index in [9.17, 15) is 0 Å². The molecule has 0 aliphatic carbocycles. The molecule has 18 heavy (non-hydrogen) atoms. The van der Waals surface area contributed by atoms with E-state index in [1.165, 1.54) is 0 Å². The molecule has 3 aromatic heterocycles. The fourth-order valence-corrected chi connectivity index (χ4v) is 1.72. The average molecular weight is 259 g/mol. The number of aromatic nitrogens is 5. The SMILES string of the molecule is S=c1nc(N/N=C/c2ccc[nH]2)c2cn[nH]c2[nH]1. The van der Waals surface area contributed by atoms with Gasteiger partial charge in [-0.05, 0) is 24.4 Å². The van der Waals surface area contributed by atoms with Gasteiger partial charge in [0.1, 0.15) is 5.65 Å². The highest BCUT2D eigenvalue weighted by atomic mass is 32.1. The van der Waals surface area contributed by atoms with E-state index < -0.39 is 0 Å². The lowest BCUT2D eigenvalue weighted by Crippen LogP contribution is -1.96. The minimum atomic E-state index is 0.365. The van der Waals surface area contributed by atoms with Crippen molar-refractivity contribution in [3.8, 4) is 0 Å². The lowest BCUT2D eigenvalue weighted by Gasteiger charge is -1.99. The van der Waals surface area contributed by atoms with Crippen molar-refractivity contribution >= 4 is 35.3 Å². The predicted octanol–water partition coefficient (Wildman–Crippen LogP) is 1.79. The number of hydrazone groups is 1. The van der Waals surface area contributed by atoms with Crippen LogP contribution in [0.1, 0.15) is 5.69 Å². The smallest absolute Gasteiger partial charge is 0.200 e. The van der Waals surface area contributed by atoms with Crippen molar-refractivity contribution in [2.24, 2.45) is 5.10 Å². The zero-order valence-electron chi connectivity index (χ0n) is 9.14. The molecule has 90 valence electrons. The number of rotatable bonds is 3. The molecule has 0 radical (unpaired) electrons. The number of hydrogen-bond acceptors (Lipinski definition) is 5. The molecule has 7 nitrogen and oxygen atoms in total. The Balaban J connectivity index is 1.90. The zero-order valence-corrected chi connectivity index (χ0v) is 9.95. The summed E-state index contributed by atoms with van der Waals surface area (Å²) in [5.41, 5.74) is 4.46. The highest BCUT2D eigenvalue weighted by Crippen LogP contribution is 2.16. The van der Waals surface area contributed by atoms with Crippen molar-refractivity contribution in [2.75, 3.05) is 5.43 Å². The molecule has 0 saturated carbocycles. The number of anilines is 1. The Morgan fingerprint density at radius 2 is 2.39 bits per heavy atom. The molecule has 0 aliphatic heterocycles. The Labute approximate surface area is 106 Å². The molecular weight excluding hydrogens is 250 g/mol. The Morgan fingerprint density at radius 1 is 1.44 bits per heavy atom.